The molecule has 2 rings (SSSR count). The minimum Gasteiger partial charge on any atom is -0.327 e. The highest BCUT2D eigenvalue weighted by atomic mass is 14.7. The van der Waals surface area contributed by atoms with E-state index in [9.17, 15) is 0 Å². The van der Waals surface area contributed by atoms with Crippen LogP contribution >= 0.6 is 0 Å². The third-order valence-electron chi connectivity index (χ3n) is 3.47. The molecule has 1 aliphatic rings. The first kappa shape index (κ1) is 9.69. The molecule has 1 atom stereocenters. The van der Waals surface area contributed by atoms with Gasteiger partial charge in [-0.15, -0.1) is 0 Å². The molecule has 0 aromatic heterocycles. The summed E-state index contributed by atoms with van der Waals surface area (Å²) >= 11 is 0. The van der Waals surface area contributed by atoms with Gasteiger partial charge in [-0.2, -0.15) is 0 Å². The van der Waals surface area contributed by atoms with Gasteiger partial charge < -0.3 is 11.5 Å². The number of benzene rings is 1. The molecule has 0 spiro atoms. The first-order valence-electron chi connectivity index (χ1n) is 5.14. The topological polar surface area (TPSA) is 52.0 Å². The molecule has 0 fully saturated rings. The molecule has 1 aromatic carbocycles. The van der Waals surface area contributed by atoms with E-state index in [1.54, 1.807) is 0 Å². The van der Waals surface area contributed by atoms with Crippen molar-refractivity contribution in [1.82, 2.24) is 0 Å². The molecule has 0 radical (unpaired) electrons. The first-order chi connectivity index (χ1) is 6.57. The Morgan fingerprint density at radius 3 is 2.79 bits per heavy atom. The highest BCUT2D eigenvalue weighted by molar-refractivity contribution is 5.46. The van der Waals surface area contributed by atoms with Crippen LogP contribution in [-0.4, -0.2) is 6.04 Å². The summed E-state index contributed by atoms with van der Waals surface area (Å²) in [6.45, 7) is 5.03. The average molecular weight is 190 g/mol. The zero-order valence-corrected chi connectivity index (χ0v) is 8.88. The van der Waals surface area contributed by atoms with E-state index in [1.807, 2.05) is 0 Å². The molecule has 0 amide bonds. The Kier molecular flexibility index (Phi) is 2.13. The van der Waals surface area contributed by atoms with Crippen molar-refractivity contribution >= 4 is 0 Å². The maximum atomic E-state index is 6.15. The predicted octanol–water partition coefficient (Wildman–Crippen LogP) is 1.31. The van der Waals surface area contributed by atoms with Gasteiger partial charge in [0.2, 0.25) is 0 Å². The lowest BCUT2D eigenvalue weighted by Gasteiger charge is -2.26. The third kappa shape index (κ3) is 1.18. The number of rotatable bonds is 1. The van der Waals surface area contributed by atoms with Crippen LogP contribution in [0.2, 0.25) is 0 Å². The van der Waals surface area contributed by atoms with Gasteiger partial charge in [-0.3, -0.25) is 0 Å². The second-order valence-corrected chi connectivity index (χ2v) is 4.69. The maximum absolute atomic E-state index is 6.15. The molecule has 1 aliphatic carbocycles. The second kappa shape index (κ2) is 3.07. The molecule has 4 N–H and O–H groups in total. The van der Waals surface area contributed by atoms with Gasteiger partial charge in [0, 0.05) is 18.0 Å². The largest absolute Gasteiger partial charge is 0.327 e. The first-order valence-corrected chi connectivity index (χ1v) is 5.14. The highest BCUT2D eigenvalue weighted by Gasteiger charge is 2.38. The van der Waals surface area contributed by atoms with E-state index < -0.39 is 0 Å². The van der Waals surface area contributed by atoms with Crippen molar-refractivity contribution in [3.63, 3.8) is 0 Å². The van der Waals surface area contributed by atoms with Crippen molar-refractivity contribution in [2.24, 2.45) is 11.5 Å². The Balaban J connectivity index is 2.60. The van der Waals surface area contributed by atoms with Gasteiger partial charge in [0.15, 0.2) is 0 Å². The van der Waals surface area contributed by atoms with Crippen molar-refractivity contribution in [3.8, 4) is 0 Å². The van der Waals surface area contributed by atoms with Gasteiger partial charge in [-0.05, 0) is 23.1 Å². The zero-order valence-electron chi connectivity index (χ0n) is 8.88. The van der Waals surface area contributed by atoms with Crippen LogP contribution < -0.4 is 11.5 Å². The van der Waals surface area contributed by atoms with Crippen molar-refractivity contribution in [1.29, 1.82) is 0 Å². The minimum atomic E-state index is 0.0747. The van der Waals surface area contributed by atoms with Crippen molar-refractivity contribution in [2.75, 3.05) is 0 Å². The quantitative estimate of drug-likeness (QED) is 0.701. The zero-order chi connectivity index (χ0) is 10.3. The lowest BCUT2D eigenvalue weighted by molar-refractivity contribution is 0.442. The molecule has 0 saturated carbocycles. The Morgan fingerprint density at radius 2 is 2.14 bits per heavy atom. The summed E-state index contributed by atoms with van der Waals surface area (Å²) in [6.07, 6.45) is 0.982. The standard InChI is InChI=1S/C12H18N2/c1-12(2)10(14)6-8-4-3-5-9(7-13)11(8)12/h3-5,10H,6-7,13-14H2,1-2H3. The molecule has 1 unspecified atom stereocenters. The van der Waals surface area contributed by atoms with Crippen LogP contribution in [0.5, 0.6) is 0 Å². The summed E-state index contributed by atoms with van der Waals surface area (Å²) in [5, 5.41) is 0. The van der Waals surface area contributed by atoms with Crippen LogP contribution in [0, 0.1) is 0 Å². The fourth-order valence-electron chi connectivity index (χ4n) is 2.50. The lowest BCUT2D eigenvalue weighted by atomic mass is 9.81. The van der Waals surface area contributed by atoms with Crippen LogP contribution in [0.25, 0.3) is 0 Å². The number of nitrogens with two attached hydrogens (primary N) is 2. The second-order valence-electron chi connectivity index (χ2n) is 4.69. The van der Waals surface area contributed by atoms with Crippen LogP contribution in [0.3, 0.4) is 0 Å². The van der Waals surface area contributed by atoms with E-state index >= 15 is 0 Å². The summed E-state index contributed by atoms with van der Waals surface area (Å²) in [4.78, 5) is 0. The molecule has 1 aromatic rings. The SMILES string of the molecule is CC1(C)c2c(CN)cccc2CC1N. The fourth-order valence-corrected chi connectivity index (χ4v) is 2.50. The normalized spacial score (nSPS) is 23.6. The molecular weight excluding hydrogens is 172 g/mol. The molecule has 2 nitrogen and oxygen atoms in total. The van der Waals surface area contributed by atoms with Gasteiger partial charge in [0.1, 0.15) is 0 Å². The van der Waals surface area contributed by atoms with Crippen LogP contribution in [0.15, 0.2) is 18.2 Å². The Hall–Kier alpha value is -0.860. The van der Waals surface area contributed by atoms with Crippen LogP contribution in [0.1, 0.15) is 30.5 Å². The van der Waals surface area contributed by atoms with Crippen molar-refractivity contribution in [2.45, 2.75) is 38.3 Å². The Bertz CT molecular complexity index is 355. The molecular formula is C12H18N2. The van der Waals surface area contributed by atoms with E-state index in [1.165, 1.54) is 16.7 Å². The van der Waals surface area contributed by atoms with Gasteiger partial charge in [-0.1, -0.05) is 32.0 Å². The summed E-state index contributed by atoms with van der Waals surface area (Å²) in [5.41, 5.74) is 16.0. The highest BCUT2D eigenvalue weighted by Crippen LogP contribution is 2.39. The number of hydrogen-bond donors (Lipinski definition) is 2. The Labute approximate surface area is 85.3 Å². The van der Waals surface area contributed by atoms with Crippen molar-refractivity contribution < 1.29 is 0 Å². The van der Waals surface area contributed by atoms with Crippen LogP contribution in [-0.2, 0) is 18.4 Å². The molecule has 0 saturated heterocycles. The minimum absolute atomic E-state index is 0.0747. The molecule has 0 heterocycles. The summed E-state index contributed by atoms with van der Waals surface area (Å²) in [7, 11) is 0. The monoisotopic (exact) mass is 190 g/mol. The smallest absolute Gasteiger partial charge is 0.0181 e. The lowest BCUT2D eigenvalue weighted by Crippen LogP contribution is -2.37. The van der Waals surface area contributed by atoms with Gasteiger partial charge in [-0.25, -0.2) is 0 Å². The summed E-state index contributed by atoms with van der Waals surface area (Å²) < 4.78 is 0. The van der Waals surface area contributed by atoms with Crippen LogP contribution in [0.4, 0.5) is 0 Å². The third-order valence-corrected chi connectivity index (χ3v) is 3.47. The van der Waals surface area contributed by atoms with Gasteiger partial charge >= 0.3 is 0 Å². The van der Waals surface area contributed by atoms with E-state index in [-0.39, 0.29) is 11.5 Å². The van der Waals surface area contributed by atoms with E-state index in [2.05, 4.69) is 32.0 Å². The Morgan fingerprint density at radius 1 is 1.43 bits per heavy atom. The number of hydrogen-bond acceptors (Lipinski definition) is 2. The van der Waals surface area contributed by atoms with E-state index in [0.29, 0.717) is 6.54 Å². The van der Waals surface area contributed by atoms with E-state index in [4.69, 9.17) is 11.5 Å². The molecule has 14 heavy (non-hydrogen) atoms. The molecule has 0 aliphatic heterocycles. The molecule has 2 heteroatoms. The molecule has 0 bridgehead atoms. The summed E-state index contributed by atoms with van der Waals surface area (Å²) in [6, 6.07) is 6.59. The number of fused-ring (bicyclic) bond motifs is 1. The van der Waals surface area contributed by atoms with Gasteiger partial charge in [0.25, 0.3) is 0 Å². The molecule has 76 valence electrons. The average Bonchev–Trinajstić information content (AvgIpc) is 2.38. The van der Waals surface area contributed by atoms with Gasteiger partial charge in [0.05, 0.1) is 0 Å². The van der Waals surface area contributed by atoms with E-state index in [0.717, 1.165) is 6.42 Å². The predicted molar refractivity (Wildman–Crippen MR) is 59.0 cm³/mol. The maximum Gasteiger partial charge on any atom is 0.0181 e. The fraction of sp³-hybridized carbons (Fsp3) is 0.500. The summed E-state index contributed by atoms with van der Waals surface area (Å²) in [5.74, 6) is 0. The van der Waals surface area contributed by atoms with Crippen molar-refractivity contribution in [3.05, 3.63) is 34.9 Å².